The molecule has 0 radical (unpaired) electrons. The van der Waals surface area contributed by atoms with Crippen LogP contribution in [0.5, 0.6) is 5.75 Å². The van der Waals surface area contributed by atoms with Crippen molar-refractivity contribution >= 4 is 27.0 Å². The van der Waals surface area contributed by atoms with Crippen molar-refractivity contribution in [1.82, 2.24) is 14.5 Å². The molecule has 0 spiro atoms. The SMILES string of the molecule is CC(C)(C)OC(=O)n1cccc1-c1ncc(-c2ccc(-c3cccc4c(OS(=O)(=O)C(F)(F)F)cccc34)cc2)[nH]1. The summed E-state index contributed by atoms with van der Waals surface area (Å²) in [5, 5.41) is 0.731. The molecule has 0 amide bonds. The molecule has 8 nitrogen and oxygen atoms in total. The van der Waals surface area contributed by atoms with Crippen molar-refractivity contribution in [3.8, 4) is 39.7 Å². The summed E-state index contributed by atoms with van der Waals surface area (Å²) in [5.74, 6) is 0.0507. The molecule has 212 valence electrons. The topological polar surface area (TPSA) is 103 Å². The lowest BCUT2D eigenvalue weighted by molar-refractivity contribution is -0.0499. The van der Waals surface area contributed by atoms with Crippen molar-refractivity contribution in [2.45, 2.75) is 31.9 Å². The molecule has 41 heavy (non-hydrogen) atoms. The number of halogens is 3. The van der Waals surface area contributed by atoms with Crippen molar-refractivity contribution in [3.05, 3.63) is 85.2 Å². The number of carbonyl (C=O) groups excluding carboxylic acids is 1. The van der Waals surface area contributed by atoms with Gasteiger partial charge in [0.05, 0.1) is 17.6 Å². The number of benzene rings is 3. The maximum absolute atomic E-state index is 12.9. The van der Waals surface area contributed by atoms with E-state index >= 15 is 0 Å². The number of hydrogen-bond donors (Lipinski definition) is 1. The number of fused-ring (bicyclic) bond motifs is 1. The van der Waals surface area contributed by atoms with E-state index in [4.69, 9.17) is 4.74 Å². The number of nitrogens with one attached hydrogen (secondary N) is 1. The number of rotatable bonds is 5. The summed E-state index contributed by atoms with van der Waals surface area (Å²) in [6.45, 7) is 5.35. The van der Waals surface area contributed by atoms with Crippen LogP contribution in [0.1, 0.15) is 20.8 Å². The molecule has 0 atom stereocenters. The van der Waals surface area contributed by atoms with E-state index in [0.29, 0.717) is 28.2 Å². The fourth-order valence-corrected chi connectivity index (χ4v) is 4.72. The molecule has 0 aliphatic rings. The highest BCUT2D eigenvalue weighted by atomic mass is 32.2. The van der Waals surface area contributed by atoms with E-state index < -0.39 is 33.1 Å². The average Bonchev–Trinajstić information content (AvgIpc) is 3.57. The summed E-state index contributed by atoms with van der Waals surface area (Å²) in [6, 6.07) is 20.0. The molecule has 0 aliphatic carbocycles. The summed E-state index contributed by atoms with van der Waals surface area (Å²) < 4.78 is 73.1. The molecule has 0 fully saturated rings. The first-order valence-electron chi connectivity index (χ1n) is 12.3. The maximum Gasteiger partial charge on any atom is 0.534 e. The van der Waals surface area contributed by atoms with Gasteiger partial charge < -0.3 is 13.9 Å². The fraction of sp³-hybridized carbons (Fsp3) is 0.172. The second kappa shape index (κ2) is 10.1. The first-order chi connectivity index (χ1) is 19.2. The van der Waals surface area contributed by atoms with Gasteiger partial charge in [-0.3, -0.25) is 0 Å². The molecular formula is C29H24F3N3O5S. The summed E-state index contributed by atoms with van der Waals surface area (Å²) in [7, 11) is -5.82. The van der Waals surface area contributed by atoms with Gasteiger partial charge in [0.1, 0.15) is 5.60 Å². The van der Waals surface area contributed by atoms with Gasteiger partial charge in [-0.05, 0) is 61.0 Å². The van der Waals surface area contributed by atoms with Gasteiger partial charge >= 0.3 is 21.7 Å². The van der Waals surface area contributed by atoms with Gasteiger partial charge in [0.25, 0.3) is 0 Å². The lowest BCUT2D eigenvalue weighted by Gasteiger charge is -2.20. The van der Waals surface area contributed by atoms with Crippen LogP contribution in [0.25, 0.3) is 44.7 Å². The zero-order valence-corrected chi connectivity index (χ0v) is 22.9. The Kier molecular flexibility index (Phi) is 6.90. The minimum atomic E-state index is -5.82. The van der Waals surface area contributed by atoms with Crippen molar-refractivity contribution in [3.63, 3.8) is 0 Å². The number of alkyl halides is 3. The highest BCUT2D eigenvalue weighted by Crippen LogP contribution is 2.37. The Balaban J connectivity index is 1.43. The zero-order valence-electron chi connectivity index (χ0n) is 22.1. The first-order valence-corrected chi connectivity index (χ1v) is 13.7. The number of aromatic nitrogens is 3. The highest BCUT2D eigenvalue weighted by molar-refractivity contribution is 7.88. The van der Waals surface area contributed by atoms with Crippen LogP contribution in [0.2, 0.25) is 0 Å². The molecule has 0 saturated heterocycles. The Morgan fingerprint density at radius 3 is 2.22 bits per heavy atom. The Bertz CT molecular complexity index is 1850. The zero-order chi connectivity index (χ0) is 29.6. The molecule has 5 rings (SSSR count). The van der Waals surface area contributed by atoms with Crippen molar-refractivity contribution < 1.29 is 35.3 Å². The number of ether oxygens (including phenoxy) is 1. The molecular weight excluding hydrogens is 559 g/mol. The first kappa shape index (κ1) is 28.0. The molecule has 12 heteroatoms. The molecule has 0 bridgehead atoms. The van der Waals surface area contributed by atoms with Gasteiger partial charge in [-0.1, -0.05) is 54.6 Å². The van der Waals surface area contributed by atoms with Crippen molar-refractivity contribution in [2.24, 2.45) is 0 Å². The number of H-pyrrole nitrogens is 1. The monoisotopic (exact) mass is 583 g/mol. The fourth-order valence-electron chi connectivity index (χ4n) is 4.24. The normalized spacial score (nSPS) is 12.4. The Hall–Kier alpha value is -4.58. The van der Waals surface area contributed by atoms with Gasteiger partial charge in [-0.25, -0.2) is 14.3 Å². The van der Waals surface area contributed by atoms with E-state index in [0.717, 1.165) is 11.1 Å². The van der Waals surface area contributed by atoms with Crippen LogP contribution in [0.4, 0.5) is 18.0 Å². The second-order valence-electron chi connectivity index (χ2n) is 10.1. The van der Waals surface area contributed by atoms with E-state index in [2.05, 4.69) is 14.2 Å². The van der Waals surface area contributed by atoms with Crippen LogP contribution >= 0.6 is 0 Å². The smallest absolute Gasteiger partial charge is 0.443 e. The third kappa shape index (κ3) is 5.68. The molecule has 5 aromatic rings. The number of carbonyl (C=O) groups is 1. The minimum Gasteiger partial charge on any atom is -0.443 e. The molecule has 1 N–H and O–H groups in total. The quantitative estimate of drug-likeness (QED) is 0.171. The van der Waals surface area contributed by atoms with Crippen LogP contribution in [-0.2, 0) is 14.9 Å². The standard InChI is InChI=1S/C29H24F3N3O5S/c1-28(2,3)39-27(36)35-16-6-10-24(35)26-33-17-23(34-26)19-14-12-18(13-15-19)20-7-4-9-22-21(20)8-5-11-25(22)40-41(37,38)29(30,31)32/h4-17H,1-3H3,(H,33,34). The van der Waals surface area contributed by atoms with Crippen LogP contribution in [0, 0.1) is 0 Å². The van der Waals surface area contributed by atoms with E-state index in [1.165, 1.54) is 22.8 Å². The molecule has 2 heterocycles. The Morgan fingerprint density at radius 1 is 0.878 bits per heavy atom. The molecule has 2 aromatic heterocycles. The predicted octanol–water partition coefficient (Wildman–Crippen LogP) is 7.38. The molecule has 0 saturated carbocycles. The largest absolute Gasteiger partial charge is 0.534 e. The van der Waals surface area contributed by atoms with Crippen LogP contribution in [0.15, 0.2) is 85.2 Å². The van der Waals surface area contributed by atoms with Crippen molar-refractivity contribution in [2.75, 3.05) is 0 Å². The van der Waals surface area contributed by atoms with Gasteiger partial charge in [-0.15, -0.1) is 0 Å². The molecule has 0 aliphatic heterocycles. The number of hydrogen-bond acceptors (Lipinski definition) is 6. The van der Waals surface area contributed by atoms with Gasteiger partial charge in [0.15, 0.2) is 11.6 Å². The third-order valence-corrected chi connectivity index (χ3v) is 7.00. The molecule has 3 aromatic carbocycles. The Labute approximate surface area is 233 Å². The van der Waals surface area contributed by atoms with E-state index in [1.807, 2.05) is 24.3 Å². The summed E-state index contributed by atoms with van der Waals surface area (Å²) in [4.78, 5) is 20.2. The maximum atomic E-state index is 12.9. The summed E-state index contributed by atoms with van der Waals surface area (Å²) >= 11 is 0. The van der Waals surface area contributed by atoms with E-state index in [1.54, 1.807) is 63.5 Å². The average molecular weight is 584 g/mol. The number of imidazole rings is 1. The van der Waals surface area contributed by atoms with E-state index in [9.17, 15) is 26.4 Å². The lowest BCUT2D eigenvalue weighted by Crippen LogP contribution is -2.28. The Morgan fingerprint density at radius 2 is 1.54 bits per heavy atom. The third-order valence-electron chi connectivity index (χ3n) is 6.03. The van der Waals surface area contributed by atoms with Crippen LogP contribution in [-0.4, -0.2) is 40.2 Å². The van der Waals surface area contributed by atoms with Gasteiger partial charge in [0.2, 0.25) is 0 Å². The molecule has 0 unspecified atom stereocenters. The number of nitrogens with zero attached hydrogens (tertiary/aromatic N) is 2. The van der Waals surface area contributed by atoms with Crippen LogP contribution < -0.4 is 4.18 Å². The number of aromatic amines is 1. The summed E-state index contributed by atoms with van der Waals surface area (Å²) in [5.41, 5.74) is -2.78. The van der Waals surface area contributed by atoms with E-state index in [-0.39, 0.29) is 5.39 Å². The lowest BCUT2D eigenvalue weighted by atomic mass is 9.97. The van der Waals surface area contributed by atoms with Gasteiger partial charge in [0, 0.05) is 11.6 Å². The minimum absolute atomic E-state index is 0.216. The summed E-state index contributed by atoms with van der Waals surface area (Å²) in [6.07, 6.45) is 2.71. The van der Waals surface area contributed by atoms with Crippen LogP contribution in [0.3, 0.4) is 0 Å². The van der Waals surface area contributed by atoms with Crippen molar-refractivity contribution in [1.29, 1.82) is 0 Å². The highest BCUT2D eigenvalue weighted by Gasteiger charge is 2.48. The predicted molar refractivity (Wildman–Crippen MR) is 148 cm³/mol. The second-order valence-corrected chi connectivity index (χ2v) is 11.6. The van der Waals surface area contributed by atoms with Gasteiger partial charge in [-0.2, -0.15) is 21.6 Å².